The summed E-state index contributed by atoms with van der Waals surface area (Å²) < 4.78 is 54.0. The second-order valence-corrected chi connectivity index (χ2v) is 8.58. The van der Waals surface area contributed by atoms with E-state index in [1.807, 2.05) is 0 Å². The van der Waals surface area contributed by atoms with Crippen LogP contribution in [0.25, 0.3) is 0 Å². The molecule has 18 heteroatoms. The van der Waals surface area contributed by atoms with Crippen LogP contribution in [0, 0.1) is 0 Å². The number of aromatic amines is 1. The largest absolute Gasteiger partial charge is 0.760 e. The van der Waals surface area contributed by atoms with E-state index >= 15 is 0 Å². The zero-order valence-corrected chi connectivity index (χ0v) is 19.0. The fourth-order valence-electron chi connectivity index (χ4n) is 1.88. The van der Waals surface area contributed by atoms with Crippen LogP contribution in [0.4, 0.5) is 0 Å². The molecule has 5 unspecified atom stereocenters. The van der Waals surface area contributed by atoms with Gasteiger partial charge in [0, 0.05) is 24.9 Å². The second kappa shape index (κ2) is 12.8. The summed E-state index contributed by atoms with van der Waals surface area (Å²) in [6.45, 7) is 3.14. The Labute approximate surface area is 172 Å². The van der Waals surface area contributed by atoms with Crippen LogP contribution in [0.5, 0.6) is 0 Å². The van der Waals surface area contributed by atoms with Crippen molar-refractivity contribution in [2.24, 2.45) is 7.05 Å². The Morgan fingerprint density at radius 1 is 1.37 bits per heavy atom. The predicted molar refractivity (Wildman–Crippen MR) is 99.8 cm³/mol. The Hall–Kier alpha value is -0.920. The van der Waals surface area contributed by atoms with Gasteiger partial charge in [-0.1, -0.05) is 11.6 Å². The van der Waals surface area contributed by atoms with Gasteiger partial charge in [-0.15, -0.1) is 4.67 Å². The number of ether oxygens (including phenoxy) is 1. The van der Waals surface area contributed by atoms with Crippen molar-refractivity contribution in [1.82, 2.24) is 9.55 Å². The van der Waals surface area contributed by atoms with E-state index in [1.54, 1.807) is 13.8 Å². The van der Waals surface area contributed by atoms with Gasteiger partial charge in [-0.25, -0.2) is 9.36 Å². The van der Waals surface area contributed by atoms with E-state index in [2.05, 4.69) is 28.2 Å². The lowest BCUT2D eigenvalue weighted by Gasteiger charge is -2.21. The Morgan fingerprint density at radius 3 is 2.63 bits per heavy atom. The third-order valence-corrected chi connectivity index (χ3v) is 5.17. The summed E-state index contributed by atoms with van der Waals surface area (Å²) in [5, 5.41) is 0. The van der Waals surface area contributed by atoms with Crippen molar-refractivity contribution in [3.63, 3.8) is 0 Å². The van der Waals surface area contributed by atoms with Crippen molar-refractivity contribution in [3.8, 4) is 0 Å². The minimum absolute atomic E-state index is 0.213. The topological polar surface area (TPSA) is 194 Å². The molecule has 30 heavy (non-hydrogen) atoms. The highest BCUT2D eigenvalue weighted by molar-refractivity contribution is 7.47. The van der Waals surface area contributed by atoms with Crippen LogP contribution in [0.1, 0.15) is 31.9 Å². The number of nitrogens with zero attached hydrogens (tertiary/aromatic N) is 1. The lowest BCUT2D eigenvalue weighted by Crippen LogP contribution is -2.32. The predicted octanol–water partition coefficient (Wildman–Crippen LogP) is 1.47. The molecule has 0 bridgehead atoms. The number of nitrogens with one attached hydrogen (secondary N) is 1. The van der Waals surface area contributed by atoms with Gasteiger partial charge in [-0.05, 0) is 13.3 Å². The molecule has 0 saturated heterocycles. The van der Waals surface area contributed by atoms with Gasteiger partial charge in [-0.3, -0.25) is 14.3 Å². The van der Waals surface area contributed by atoms with Gasteiger partial charge in [0.05, 0.1) is 33.7 Å². The van der Waals surface area contributed by atoms with Gasteiger partial charge < -0.3 is 23.6 Å². The highest BCUT2D eigenvalue weighted by atomic mass is 31.2. The van der Waals surface area contributed by atoms with E-state index in [4.69, 9.17) is 14.2 Å². The quantitative estimate of drug-likeness (QED) is 0.191. The monoisotopic (exact) mass is 495 g/mol. The van der Waals surface area contributed by atoms with Gasteiger partial charge in [0.1, 0.15) is 0 Å². The van der Waals surface area contributed by atoms with E-state index in [0.29, 0.717) is 6.42 Å². The van der Waals surface area contributed by atoms with Crippen molar-refractivity contribution < 1.29 is 51.4 Å². The lowest BCUT2D eigenvalue weighted by molar-refractivity contribution is -0.177. The Bertz CT molecular complexity index is 859. The zero-order valence-electron chi connectivity index (χ0n) is 16.3. The maximum atomic E-state index is 12.0. The van der Waals surface area contributed by atoms with Crippen molar-refractivity contribution in [3.05, 3.63) is 32.6 Å². The van der Waals surface area contributed by atoms with E-state index in [1.165, 1.54) is 17.8 Å². The lowest BCUT2D eigenvalue weighted by atomic mass is 10.1. The maximum absolute atomic E-state index is 12.0. The van der Waals surface area contributed by atoms with E-state index in [-0.39, 0.29) is 12.2 Å². The van der Waals surface area contributed by atoms with E-state index in [0.717, 1.165) is 7.11 Å². The minimum atomic E-state index is -4.54. The first-order chi connectivity index (χ1) is 14.0. The van der Waals surface area contributed by atoms with Gasteiger partial charge >= 0.3 is 30.4 Å². The molecule has 5 atom stereocenters. The molecule has 1 rings (SSSR count). The van der Waals surface area contributed by atoms with Crippen LogP contribution in [0.15, 0.2) is 15.8 Å². The highest BCUT2D eigenvalue weighted by Gasteiger charge is 2.34. The molecule has 0 aromatic carbocycles. The van der Waals surface area contributed by atoms with Gasteiger partial charge in [0.25, 0.3) is 5.56 Å². The molecule has 0 aliphatic heterocycles. The molecular formula is C12H22N2O13P3+. The summed E-state index contributed by atoms with van der Waals surface area (Å²) in [4.78, 5) is 44.0. The smallest absolute Gasteiger partial charge is 0.368 e. The second-order valence-electron chi connectivity index (χ2n) is 5.50. The number of aryl methyl sites for hydroxylation is 1. The van der Waals surface area contributed by atoms with E-state index < -0.39 is 48.1 Å². The van der Waals surface area contributed by atoms with E-state index in [9.17, 15) is 23.6 Å². The van der Waals surface area contributed by atoms with Gasteiger partial charge in [-0.2, -0.15) is 0 Å². The van der Waals surface area contributed by atoms with Crippen molar-refractivity contribution in [2.75, 3.05) is 13.7 Å². The fourth-order valence-corrected chi connectivity index (χ4v) is 3.35. The maximum Gasteiger partial charge on any atom is 0.760 e. The number of phosphoric ester groups is 1. The van der Waals surface area contributed by atoms with Crippen molar-refractivity contribution in [2.45, 2.75) is 32.5 Å². The molecule has 0 aliphatic carbocycles. The minimum Gasteiger partial charge on any atom is -0.368 e. The van der Waals surface area contributed by atoms with Crippen molar-refractivity contribution in [1.29, 1.82) is 0 Å². The van der Waals surface area contributed by atoms with Crippen LogP contribution in [-0.2, 0) is 48.7 Å². The zero-order chi connectivity index (χ0) is 22.9. The highest BCUT2D eigenvalue weighted by Crippen LogP contribution is 2.47. The number of H-pyrrole nitrogens is 1. The van der Waals surface area contributed by atoms with Gasteiger partial charge in [0.2, 0.25) is 0 Å². The average molecular weight is 495 g/mol. The molecule has 0 spiro atoms. The number of rotatable bonds is 14. The molecule has 172 valence electrons. The summed E-state index contributed by atoms with van der Waals surface area (Å²) in [6, 6.07) is 0. The molecule has 0 saturated carbocycles. The third kappa shape index (κ3) is 9.48. The number of phosphoric acid groups is 1. The molecule has 1 heterocycles. The first kappa shape index (κ1) is 27.1. The molecule has 0 aliphatic rings. The van der Waals surface area contributed by atoms with Crippen molar-refractivity contribution >= 4 is 24.7 Å². The Morgan fingerprint density at radius 2 is 2.03 bits per heavy atom. The van der Waals surface area contributed by atoms with Crippen LogP contribution in [-0.4, -0.2) is 39.2 Å². The number of aromatic nitrogens is 2. The first-order valence-electron chi connectivity index (χ1n) is 8.13. The van der Waals surface area contributed by atoms with Crippen LogP contribution in [0.3, 0.4) is 0 Å². The summed E-state index contributed by atoms with van der Waals surface area (Å²) in [6.07, 6.45) is 0.484. The number of hydrogen-bond acceptors (Lipinski definition) is 12. The van der Waals surface area contributed by atoms with Gasteiger partial charge in [0.15, 0.2) is 0 Å². The van der Waals surface area contributed by atoms with Crippen LogP contribution in [0.2, 0.25) is 0 Å². The normalized spacial score (nSPS) is 17.2. The molecule has 0 amide bonds. The standard InChI is InChI=1S/C12H21N2O13P3/c1-5-10(9-6-14(3)12(16)13-11(9)15)23-8(2)7-22-28(17)24-25-29(18)26-27-30(19,20)21-4/h6,8,10,17H,5,7H2,1-4H3,(H-,13,15,16,19,20)/p+1. The van der Waals surface area contributed by atoms with Crippen LogP contribution >= 0.6 is 24.7 Å². The summed E-state index contributed by atoms with van der Waals surface area (Å²) in [5.74, 6) is 0. The summed E-state index contributed by atoms with van der Waals surface area (Å²) >= 11 is 0. The molecule has 15 nitrogen and oxygen atoms in total. The summed E-state index contributed by atoms with van der Waals surface area (Å²) in [5.41, 5.74) is -0.899. The molecule has 3 N–H and O–H groups in total. The molecule has 1 aromatic heterocycles. The molecule has 1 aromatic rings. The first-order valence-corrected chi connectivity index (χ1v) is 11.8. The molecule has 0 radical (unpaired) electrons. The average Bonchev–Trinajstić information content (AvgIpc) is 2.70. The third-order valence-electron chi connectivity index (χ3n) is 3.25. The molecule has 0 fully saturated rings. The SMILES string of the molecule is CCC(OC(C)COP(O)OO[P+](=O)OOP(=O)(O)OC)c1cn(C)c(=O)[nH]c1=O. The number of hydrogen-bond donors (Lipinski definition) is 3. The summed E-state index contributed by atoms with van der Waals surface area (Å²) in [7, 11) is -8.10. The Kier molecular flexibility index (Phi) is 11.6. The fraction of sp³-hybridized carbons (Fsp3) is 0.667. The molecular weight excluding hydrogens is 473 g/mol. The van der Waals surface area contributed by atoms with Crippen LogP contribution < -0.4 is 11.2 Å². The Balaban J connectivity index is 2.46.